The van der Waals surface area contributed by atoms with Gasteiger partial charge in [-0.15, -0.1) is 0 Å². The SMILES string of the molecule is COc1cc(CCNC(=O)N(C)O)ccc1OCc1ccccc1. The molecule has 2 aromatic carbocycles. The largest absolute Gasteiger partial charge is 0.493 e. The van der Waals surface area contributed by atoms with Gasteiger partial charge in [0.05, 0.1) is 7.11 Å². The molecule has 0 unspecified atom stereocenters. The molecule has 6 nitrogen and oxygen atoms in total. The molecule has 24 heavy (non-hydrogen) atoms. The van der Waals surface area contributed by atoms with Crippen LogP contribution in [-0.4, -0.2) is 37.0 Å². The Hall–Kier alpha value is -2.73. The predicted octanol–water partition coefficient (Wildman–Crippen LogP) is 2.85. The Morgan fingerprint density at radius 2 is 1.88 bits per heavy atom. The van der Waals surface area contributed by atoms with Gasteiger partial charge in [-0.3, -0.25) is 5.21 Å². The summed E-state index contributed by atoms with van der Waals surface area (Å²) in [5, 5.41) is 12.1. The van der Waals surface area contributed by atoms with E-state index in [2.05, 4.69) is 5.32 Å². The van der Waals surface area contributed by atoms with Crippen molar-refractivity contribution in [2.24, 2.45) is 0 Å². The number of hydrogen-bond acceptors (Lipinski definition) is 4. The van der Waals surface area contributed by atoms with Crippen LogP contribution in [0, 0.1) is 0 Å². The van der Waals surface area contributed by atoms with Gasteiger partial charge in [0.1, 0.15) is 6.61 Å². The van der Waals surface area contributed by atoms with Crippen molar-refractivity contribution in [2.45, 2.75) is 13.0 Å². The minimum absolute atomic E-state index is 0.414. The van der Waals surface area contributed by atoms with Gasteiger partial charge in [0, 0.05) is 13.6 Å². The first kappa shape index (κ1) is 17.6. The summed E-state index contributed by atoms with van der Waals surface area (Å²) in [5.41, 5.74) is 2.08. The van der Waals surface area contributed by atoms with Crippen LogP contribution in [0.25, 0.3) is 0 Å². The maximum Gasteiger partial charge on any atom is 0.340 e. The number of nitrogens with zero attached hydrogens (tertiary/aromatic N) is 1. The first-order valence-electron chi connectivity index (χ1n) is 7.64. The summed E-state index contributed by atoms with van der Waals surface area (Å²) < 4.78 is 11.2. The minimum atomic E-state index is -0.537. The minimum Gasteiger partial charge on any atom is -0.493 e. The number of urea groups is 1. The monoisotopic (exact) mass is 330 g/mol. The highest BCUT2D eigenvalue weighted by atomic mass is 16.5. The number of hydrogen-bond donors (Lipinski definition) is 2. The lowest BCUT2D eigenvalue weighted by atomic mass is 10.1. The molecule has 2 rings (SSSR count). The molecule has 0 aliphatic heterocycles. The second kappa shape index (κ2) is 8.79. The highest BCUT2D eigenvalue weighted by Gasteiger charge is 2.08. The van der Waals surface area contributed by atoms with Crippen molar-refractivity contribution < 1.29 is 19.5 Å². The maximum atomic E-state index is 11.3. The lowest BCUT2D eigenvalue weighted by Gasteiger charge is -2.13. The van der Waals surface area contributed by atoms with Crippen LogP contribution in [0.4, 0.5) is 4.79 Å². The molecule has 0 heterocycles. The quantitative estimate of drug-likeness (QED) is 0.605. The Bertz CT molecular complexity index is 659. The number of amides is 2. The third-order valence-electron chi connectivity index (χ3n) is 3.45. The number of carbonyl (C=O) groups is 1. The third kappa shape index (κ3) is 5.17. The summed E-state index contributed by atoms with van der Waals surface area (Å²) in [4.78, 5) is 11.3. The lowest BCUT2D eigenvalue weighted by molar-refractivity contribution is -0.0181. The number of hydroxylamine groups is 2. The van der Waals surface area contributed by atoms with E-state index in [0.717, 1.165) is 11.1 Å². The highest BCUT2D eigenvalue weighted by molar-refractivity contribution is 5.72. The summed E-state index contributed by atoms with van der Waals surface area (Å²) in [6, 6.07) is 15.0. The molecule has 0 bridgehead atoms. The smallest absolute Gasteiger partial charge is 0.340 e. The van der Waals surface area contributed by atoms with E-state index in [9.17, 15) is 4.79 Å². The molecule has 0 aromatic heterocycles. The van der Waals surface area contributed by atoms with Crippen molar-refractivity contribution >= 4 is 6.03 Å². The Balaban J connectivity index is 1.93. The molecule has 2 amide bonds. The van der Waals surface area contributed by atoms with E-state index >= 15 is 0 Å². The van der Waals surface area contributed by atoms with Crippen molar-refractivity contribution in [1.82, 2.24) is 10.4 Å². The Morgan fingerprint density at radius 3 is 2.54 bits per heavy atom. The fourth-order valence-electron chi connectivity index (χ4n) is 2.15. The van der Waals surface area contributed by atoms with Gasteiger partial charge in [-0.25, -0.2) is 9.86 Å². The summed E-state index contributed by atoms with van der Waals surface area (Å²) >= 11 is 0. The number of methoxy groups -OCH3 is 1. The van der Waals surface area contributed by atoms with Gasteiger partial charge < -0.3 is 14.8 Å². The summed E-state index contributed by atoms with van der Waals surface area (Å²) in [5.74, 6) is 1.32. The summed E-state index contributed by atoms with van der Waals surface area (Å²) in [6.45, 7) is 0.881. The summed E-state index contributed by atoms with van der Waals surface area (Å²) in [7, 11) is 2.87. The molecule has 2 aromatic rings. The molecule has 0 aliphatic rings. The van der Waals surface area contributed by atoms with Gasteiger partial charge >= 0.3 is 6.03 Å². The Labute approximate surface area is 141 Å². The topological polar surface area (TPSA) is 71.0 Å². The molecule has 0 radical (unpaired) electrons. The zero-order valence-corrected chi connectivity index (χ0v) is 13.9. The first-order valence-corrected chi connectivity index (χ1v) is 7.64. The van der Waals surface area contributed by atoms with Crippen LogP contribution in [0.3, 0.4) is 0 Å². The van der Waals surface area contributed by atoms with Gasteiger partial charge in [0.2, 0.25) is 0 Å². The molecule has 0 saturated carbocycles. The zero-order valence-electron chi connectivity index (χ0n) is 13.9. The fraction of sp³-hybridized carbons (Fsp3) is 0.278. The van der Waals surface area contributed by atoms with E-state index in [4.69, 9.17) is 14.7 Å². The molecular formula is C18H22N2O4. The molecular weight excluding hydrogens is 308 g/mol. The average molecular weight is 330 g/mol. The Kier molecular flexibility index (Phi) is 6.45. The van der Waals surface area contributed by atoms with Crippen LogP contribution >= 0.6 is 0 Å². The summed E-state index contributed by atoms with van der Waals surface area (Å²) in [6.07, 6.45) is 0.620. The molecule has 0 fully saturated rings. The Morgan fingerprint density at radius 1 is 1.12 bits per heavy atom. The van der Waals surface area contributed by atoms with Gasteiger partial charge in [-0.05, 0) is 29.7 Å². The second-order valence-electron chi connectivity index (χ2n) is 5.27. The molecule has 6 heteroatoms. The van der Waals surface area contributed by atoms with Crippen molar-refractivity contribution in [1.29, 1.82) is 0 Å². The van der Waals surface area contributed by atoms with Crippen molar-refractivity contribution in [3.05, 3.63) is 59.7 Å². The highest BCUT2D eigenvalue weighted by Crippen LogP contribution is 2.29. The van der Waals surface area contributed by atoms with Crippen LogP contribution in [0.2, 0.25) is 0 Å². The van der Waals surface area contributed by atoms with E-state index in [1.165, 1.54) is 7.05 Å². The average Bonchev–Trinajstić information content (AvgIpc) is 2.61. The van der Waals surface area contributed by atoms with E-state index in [0.29, 0.717) is 36.1 Å². The van der Waals surface area contributed by atoms with Crippen LogP contribution in [-0.2, 0) is 13.0 Å². The standard InChI is InChI=1S/C18H22N2O4/c1-20(22)18(21)19-11-10-14-8-9-16(17(12-14)23-2)24-13-15-6-4-3-5-7-15/h3-9,12,22H,10-11,13H2,1-2H3,(H,19,21). The lowest BCUT2D eigenvalue weighted by Crippen LogP contribution is -2.36. The van der Waals surface area contributed by atoms with Crippen molar-refractivity contribution in [3.8, 4) is 11.5 Å². The molecule has 128 valence electrons. The number of ether oxygens (including phenoxy) is 2. The van der Waals surface area contributed by atoms with Crippen molar-refractivity contribution in [2.75, 3.05) is 20.7 Å². The molecule has 0 spiro atoms. The number of carbonyl (C=O) groups excluding carboxylic acids is 1. The van der Waals surface area contributed by atoms with Crippen LogP contribution in [0.15, 0.2) is 48.5 Å². The predicted molar refractivity (Wildman–Crippen MR) is 90.4 cm³/mol. The van der Waals surface area contributed by atoms with Gasteiger partial charge in [0.25, 0.3) is 0 Å². The number of benzene rings is 2. The molecule has 0 atom stereocenters. The van der Waals surface area contributed by atoms with Gasteiger partial charge in [0.15, 0.2) is 11.5 Å². The number of nitrogens with one attached hydrogen (secondary N) is 1. The van der Waals surface area contributed by atoms with Crippen molar-refractivity contribution in [3.63, 3.8) is 0 Å². The van der Waals surface area contributed by atoms with E-state index in [1.807, 2.05) is 48.5 Å². The first-order chi connectivity index (χ1) is 11.6. The van der Waals surface area contributed by atoms with Crippen LogP contribution < -0.4 is 14.8 Å². The number of rotatable bonds is 7. The third-order valence-corrected chi connectivity index (χ3v) is 3.45. The van der Waals surface area contributed by atoms with Gasteiger partial charge in [-0.2, -0.15) is 0 Å². The normalized spacial score (nSPS) is 10.1. The van der Waals surface area contributed by atoms with E-state index < -0.39 is 6.03 Å². The molecule has 0 aliphatic carbocycles. The molecule has 0 saturated heterocycles. The van der Waals surface area contributed by atoms with E-state index in [-0.39, 0.29) is 0 Å². The molecule has 2 N–H and O–H groups in total. The van der Waals surface area contributed by atoms with Crippen LogP contribution in [0.1, 0.15) is 11.1 Å². The second-order valence-corrected chi connectivity index (χ2v) is 5.27. The van der Waals surface area contributed by atoms with E-state index in [1.54, 1.807) is 7.11 Å². The van der Waals surface area contributed by atoms with Crippen LogP contribution in [0.5, 0.6) is 11.5 Å². The fourth-order valence-corrected chi connectivity index (χ4v) is 2.15. The van der Waals surface area contributed by atoms with Gasteiger partial charge in [-0.1, -0.05) is 36.4 Å². The maximum absolute atomic E-state index is 11.3. The zero-order chi connectivity index (χ0) is 17.4.